The summed E-state index contributed by atoms with van der Waals surface area (Å²) in [5, 5.41) is 6.13. The summed E-state index contributed by atoms with van der Waals surface area (Å²) in [6.45, 7) is 2.10. The van der Waals surface area contributed by atoms with Gasteiger partial charge in [-0.15, -0.1) is 6.42 Å². The predicted molar refractivity (Wildman–Crippen MR) is 105 cm³/mol. The summed E-state index contributed by atoms with van der Waals surface area (Å²) in [6, 6.07) is 19.0. The zero-order chi connectivity index (χ0) is 18.4. The van der Waals surface area contributed by atoms with Crippen LogP contribution in [0.25, 0.3) is 10.8 Å². The third kappa shape index (κ3) is 3.90. The van der Waals surface area contributed by atoms with E-state index in [1.165, 1.54) is 0 Å². The highest BCUT2D eigenvalue weighted by atomic mass is 16.5. The fourth-order valence-corrected chi connectivity index (χ4v) is 2.66. The molecular formula is C22H18N2O2. The number of nitrogens with zero attached hydrogens (tertiary/aromatic N) is 1. The lowest BCUT2D eigenvalue weighted by Gasteiger charge is -2.10. The number of ether oxygens (including phenoxy) is 1. The fourth-order valence-electron chi connectivity index (χ4n) is 2.66. The summed E-state index contributed by atoms with van der Waals surface area (Å²) in [4.78, 5) is 12.2. The van der Waals surface area contributed by atoms with Crippen LogP contribution in [0.15, 0.2) is 65.8 Å². The number of carbonyl (C=O) groups excluding carboxylic acids is 1. The lowest BCUT2D eigenvalue weighted by molar-refractivity contribution is 0.0955. The first-order chi connectivity index (χ1) is 12.7. The van der Waals surface area contributed by atoms with Crippen molar-refractivity contribution < 1.29 is 9.53 Å². The summed E-state index contributed by atoms with van der Waals surface area (Å²) in [6.07, 6.45) is 6.88. The van der Waals surface area contributed by atoms with E-state index in [4.69, 9.17) is 11.2 Å². The molecule has 0 saturated heterocycles. The second kappa shape index (κ2) is 8.00. The van der Waals surface area contributed by atoms with E-state index in [0.29, 0.717) is 11.3 Å². The highest BCUT2D eigenvalue weighted by molar-refractivity contribution is 6.03. The predicted octanol–water partition coefficient (Wildman–Crippen LogP) is 3.92. The molecule has 3 rings (SSSR count). The van der Waals surface area contributed by atoms with Gasteiger partial charge in [-0.2, -0.15) is 5.10 Å². The third-order valence-electron chi connectivity index (χ3n) is 3.88. The normalized spacial score (nSPS) is 10.6. The van der Waals surface area contributed by atoms with Crippen LogP contribution in [-0.4, -0.2) is 18.7 Å². The van der Waals surface area contributed by atoms with Gasteiger partial charge < -0.3 is 4.74 Å². The summed E-state index contributed by atoms with van der Waals surface area (Å²) >= 11 is 0. The number of hydrazone groups is 1. The van der Waals surface area contributed by atoms with Gasteiger partial charge in [0.2, 0.25) is 0 Å². The summed E-state index contributed by atoms with van der Waals surface area (Å²) in [7, 11) is 0. The first-order valence-corrected chi connectivity index (χ1v) is 8.17. The number of aryl methyl sites for hydroxylation is 1. The number of rotatable bonds is 5. The maximum absolute atomic E-state index is 12.2. The third-order valence-corrected chi connectivity index (χ3v) is 3.88. The van der Waals surface area contributed by atoms with E-state index in [-0.39, 0.29) is 12.5 Å². The quantitative estimate of drug-likeness (QED) is 0.434. The highest BCUT2D eigenvalue weighted by Gasteiger charge is 2.08. The largest absolute Gasteiger partial charge is 0.480 e. The molecule has 0 bridgehead atoms. The summed E-state index contributed by atoms with van der Waals surface area (Å²) in [5.41, 5.74) is 4.90. The number of nitrogens with one attached hydrogen (secondary N) is 1. The van der Waals surface area contributed by atoms with E-state index in [1.807, 2.05) is 61.5 Å². The minimum Gasteiger partial charge on any atom is -0.480 e. The van der Waals surface area contributed by atoms with Crippen molar-refractivity contribution in [3.8, 4) is 18.1 Å². The van der Waals surface area contributed by atoms with Gasteiger partial charge in [-0.05, 0) is 35.9 Å². The molecule has 1 amide bonds. The Labute approximate surface area is 152 Å². The Hall–Kier alpha value is -3.58. The van der Waals surface area contributed by atoms with Gasteiger partial charge in [0.05, 0.1) is 6.21 Å². The molecule has 4 heteroatoms. The lowest BCUT2D eigenvalue weighted by Crippen LogP contribution is -2.17. The molecular weight excluding hydrogens is 324 g/mol. The van der Waals surface area contributed by atoms with Crippen LogP contribution in [0.4, 0.5) is 0 Å². The van der Waals surface area contributed by atoms with Gasteiger partial charge in [0.25, 0.3) is 5.91 Å². The number of hydrogen-bond acceptors (Lipinski definition) is 3. The van der Waals surface area contributed by atoms with Crippen molar-refractivity contribution >= 4 is 22.9 Å². The maximum atomic E-state index is 12.2. The number of fused-ring (bicyclic) bond motifs is 1. The molecule has 0 saturated carbocycles. The summed E-state index contributed by atoms with van der Waals surface area (Å²) < 4.78 is 5.61. The zero-order valence-corrected chi connectivity index (χ0v) is 14.4. The standard InChI is InChI=1S/C22H18N2O2/c1-3-13-26-21-12-11-17-8-4-5-10-19(17)20(21)15-23-24-22(25)18-9-6-7-16(2)14-18/h1,4-12,14-15H,13H2,2H3,(H,24,25)/b23-15-. The van der Waals surface area contributed by atoms with Gasteiger partial charge >= 0.3 is 0 Å². The monoisotopic (exact) mass is 342 g/mol. The molecule has 0 radical (unpaired) electrons. The van der Waals surface area contributed by atoms with Crippen LogP contribution in [0.3, 0.4) is 0 Å². The molecule has 3 aromatic rings. The Kier molecular flexibility index (Phi) is 5.31. The van der Waals surface area contributed by atoms with Gasteiger partial charge in [-0.25, -0.2) is 5.43 Å². The first-order valence-electron chi connectivity index (χ1n) is 8.17. The molecule has 0 aliphatic heterocycles. The van der Waals surface area contributed by atoms with Crippen molar-refractivity contribution in [2.75, 3.05) is 6.61 Å². The molecule has 0 atom stereocenters. The second-order valence-corrected chi connectivity index (χ2v) is 5.76. The van der Waals surface area contributed by atoms with E-state index in [1.54, 1.807) is 12.3 Å². The van der Waals surface area contributed by atoms with Gasteiger partial charge in [-0.1, -0.05) is 53.9 Å². The Morgan fingerprint density at radius 2 is 2.04 bits per heavy atom. The summed E-state index contributed by atoms with van der Waals surface area (Å²) in [5.74, 6) is 2.81. The van der Waals surface area contributed by atoms with E-state index in [2.05, 4.69) is 16.4 Å². The maximum Gasteiger partial charge on any atom is 0.271 e. The number of carbonyl (C=O) groups is 1. The number of hydrogen-bond donors (Lipinski definition) is 1. The van der Waals surface area contributed by atoms with E-state index < -0.39 is 0 Å². The van der Waals surface area contributed by atoms with Crippen LogP contribution in [-0.2, 0) is 0 Å². The minimum atomic E-state index is -0.267. The van der Waals surface area contributed by atoms with Gasteiger partial charge in [0.15, 0.2) is 0 Å². The molecule has 1 N–H and O–H groups in total. The molecule has 0 aliphatic rings. The van der Waals surface area contributed by atoms with Crippen molar-refractivity contribution in [3.63, 3.8) is 0 Å². The van der Waals surface area contributed by atoms with Gasteiger partial charge in [0.1, 0.15) is 12.4 Å². The molecule has 3 aromatic carbocycles. The first kappa shape index (κ1) is 17.2. The van der Waals surface area contributed by atoms with Crippen LogP contribution in [0.5, 0.6) is 5.75 Å². The smallest absolute Gasteiger partial charge is 0.271 e. The minimum absolute atomic E-state index is 0.162. The van der Waals surface area contributed by atoms with Crippen molar-refractivity contribution in [2.24, 2.45) is 5.10 Å². The number of benzene rings is 3. The molecule has 0 spiro atoms. The molecule has 0 heterocycles. The Balaban J connectivity index is 1.88. The Morgan fingerprint density at radius 1 is 1.19 bits per heavy atom. The van der Waals surface area contributed by atoms with Crippen LogP contribution in [0.1, 0.15) is 21.5 Å². The molecule has 0 unspecified atom stereocenters. The number of amides is 1. The molecule has 128 valence electrons. The molecule has 0 aromatic heterocycles. The fraction of sp³-hybridized carbons (Fsp3) is 0.0909. The van der Waals surface area contributed by atoms with Crippen molar-refractivity contribution in [3.05, 3.63) is 77.4 Å². The average molecular weight is 342 g/mol. The Bertz CT molecular complexity index is 1020. The molecule has 4 nitrogen and oxygen atoms in total. The number of terminal acetylenes is 1. The molecule has 0 aliphatic carbocycles. The van der Waals surface area contributed by atoms with Gasteiger partial charge in [0, 0.05) is 11.1 Å². The lowest BCUT2D eigenvalue weighted by atomic mass is 10.0. The van der Waals surface area contributed by atoms with Crippen LogP contribution >= 0.6 is 0 Å². The topological polar surface area (TPSA) is 50.7 Å². The zero-order valence-electron chi connectivity index (χ0n) is 14.4. The van der Waals surface area contributed by atoms with Crippen LogP contribution < -0.4 is 10.2 Å². The Morgan fingerprint density at radius 3 is 2.85 bits per heavy atom. The SMILES string of the molecule is C#CCOc1ccc2ccccc2c1/C=N\NC(=O)c1cccc(C)c1. The van der Waals surface area contributed by atoms with Crippen molar-refractivity contribution in [1.29, 1.82) is 0 Å². The molecule has 26 heavy (non-hydrogen) atoms. The van der Waals surface area contributed by atoms with E-state index in [9.17, 15) is 4.79 Å². The van der Waals surface area contributed by atoms with Crippen molar-refractivity contribution in [1.82, 2.24) is 5.43 Å². The average Bonchev–Trinajstić information content (AvgIpc) is 2.67. The van der Waals surface area contributed by atoms with E-state index in [0.717, 1.165) is 21.9 Å². The van der Waals surface area contributed by atoms with Gasteiger partial charge in [-0.3, -0.25) is 4.79 Å². The molecule has 0 fully saturated rings. The van der Waals surface area contributed by atoms with Crippen LogP contribution in [0.2, 0.25) is 0 Å². The van der Waals surface area contributed by atoms with Crippen molar-refractivity contribution in [2.45, 2.75) is 6.92 Å². The second-order valence-electron chi connectivity index (χ2n) is 5.76. The van der Waals surface area contributed by atoms with E-state index >= 15 is 0 Å². The highest BCUT2D eigenvalue weighted by Crippen LogP contribution is 2.26. The van der Waals surface area contributed by atoms with Crippen LogP contribution in [0, 0.1) is 19.3 Å².